The maximum atomic E-state index is 13.2. The number of carbonyl (C=O) groups excluding carboxylic acids is 1. The number of H-pyrrole nitrogens is 1. The van der Waals surface area contributed by atoms with E-state index in [9.17, 15) is 23.1 Å². The number of rotatable bonds is 5. The van der Waals surface area contributed by atoms with Crippen molar-refractivity contribution in [3.8, 4) is 0 Å². The number of halogens is 3. The lowest BCUT2D eigenvalue weighted by Crippen LogP contribution is -2.47. The molecular weight excluding hydrogens is 301 g/mol. The van der Waals surface area contributed by atoms with Crippen LogP contribution < -0.4 is 5.32 Å². The Morgan fingerprint density at radius 1 is 1.50 bits per heavy atom. The predicted molar refractivity (Wildman–Crippen MR) is 70.4 cm³/mol. The molecular formula is C13H15F3N4O2. The number of nitrogens with one attached hydrogen (secondary N) is 2. The Morgan fingerprint density at radius 2 is 2.23 bits per heavy atom. The van der Waals surface area contributed by atoms with Crippen LogP contribution in [0, 0.1) is 0 Å². The van der Waals surface area contributed by atoms with Crippen LogP contribution in [0.15, 0.2) is 30.7 Å². The van der Waals surface area contributed by atoms with Crippen molar-refractivity contribution in [1.82, 2.24) is 19.9 Å². The van der Waals surface area contributed by atoms with E-state index in [1.165, 1.54) is 13.2 Å². The van der Waals surface area contributed by atoms with Crippen molar-refractivity contribution in [3.05, 3.63) is 42.2 Å². The first kappa shape index (κ1) is 16.1. The van der Waals surface area contributed by atoms with Crippen molar-refractivity contribution in [2.75, 3.05) is 0 Å². The number of hydrogen-bond donors (Lipinski definition) is 3. The molecule has 1 unspecified atom stereocenters. The fourth-order valence-corrected chi connectivity index (χ4v) is 2.04. The molecule has 1 amide bonds. The Morgan fingerprint density at radius 3 is 2.73 bits per heavy atom. The van der Waals surface area contributed by atoms with E-state index in [1.807, 2.05) is 0 Å². The van der Waals surface area contributed by atoms with Gasteiger partial charge < -0.3 is 20.0 Å². The molecule has 2 aromatic heterocycles. The highest BCUT2D eigenvalue weighted by atomic mass is 19.4. The summed E-state index contributed by atoms with van der Waals surface area (Å²) in [4.78, 5) is 18.1. The van der Waals surface area contributed by atoms with Crippen LogP contribution in [0.1, 0.15) is 17.9 Å². The largest absolute Gasteiger partial charge is 0.425 e. The van der Waals surface area contributed by atoms with Crippen LogP contribution in [0.25, 0.3) is 0 Å². The molecule has 1 atom stereocenters. The number of amides is 1. The molecule has 0 bridgehead atoms. The summed E-state index contributed by atoms with van der Waals surface area (Å²) in [6.07, 6.45) is -2.18. The molecule has 22 heavy (non-hydrogen) atoms. The summed E-state index contributed by atoms with van der Waals surface area (Å²) in [6.45, 7) is 0.0420. The van der Waals surface area contributed by atoms with Crippen molar-refractivity contribution < 1.29 is 23.1 Å². The second kappa shape index (κ2) is 5.84. The van der Waals surface area contributed by atoms with E-state index in [1.54, 1.807) is 18.3 Å². The standard InChI is InChI=1S/C13H15F3N4O2/c1-20-6-5-18-11(20)12(22,13(14,15)16)7-10(21)19-8-9-3-2-4-17-9/h2-6,17,22H,7-8H2,1H3,(H,19,21). The summed E-state index contributed by atoms with van der Waals surface area (Å²) in [5, 5.41) is 12.4. The fourth-order valence-electron chi connectivity index (χ4n) is 2.04. The molecule has 2 rings (SSSR count). The fraction of sp³-hybridized carbons (Fsp3) is 0.385. The summed E-state index contributed by atoms with van der Waals surface area (Å²) < 4.78 is 40.7. The average Bonchev–Trinajstić information content (AvgIpc) is 3.06. The highest BCUT2D eigenvalue weighted by molar-refractivity contribution is 5.77. The van der Waals surface area contributed by atoms with E-state index in [0.717, 1.165) is 10.8 Å². The van der Waals surface area contributed by atoms with Gasteiger partial charge in [-0.25, -0.2) is 4.98 Å². The van der Waals surface area contributed by atoms with Gasteiger partial charge in [-0.2, -0.15) is 13.2 Å². The Labute approximate surface area is 124 Å². The quantitative estimate of drug-likeness (QED) is 0.775. The topological polar surface area (TPSA) is 82.9 Å². The number of alkyl halides is 3. The first-order valence-corrected chi connectivity index (χ1v) is 6.40. The Bertz CT molecular complexity index is 636. The van der Waals surface area contributed by atoms with Crippen LogP contribution in [0.3, 0.4) is 0 Å². The van der Waals surface area contributed by atoms with Gasteiger partial charge in [0.2, 0.25) is 11.5 Å². The third-order valence-electron chi connectivity index (χ3n) is 3.21. The average molecular weight is 316 g/mol. The van der Waals surface area contributed by atoms with Gasteiger partial charge in [0.25, 0.3) is 0 Å². The zero-order chi connectivity index (χ0) is 16.4. The number of nitrogens with zero attached hydrogens (tertiary/aromatic N) is 2. The van der Waals surface area contributed by atoms with E-state index in [0.29, 0.717) is 5.69 Å². The van der Waals surface area contributed by atoms with Gasteiger partial charge in [-0.05, 0) is 12.1 Å². The van der Waals surface area contributed by atoms with Crippen LogP contribution in [-0.2, 0) is 24.0 Å². The van der Waals surface area contributed by atoms with Gasteiger partial charge >= 0.3 is 6.18 Å². The highest BCUT2D eigenvalue weighted by Crippen LogP contribution is 2.40. The number of aromatic amines is 1. The summed E-state index contributed by atoms with van der Waals surface area (Å²) in [5.41, 5.74) is -2.70. The second-order valence-electron chi connectivity index (χ2n) is 4.87. The molecule has 0 fully saturated rings. The number of imidazole rings is 1. The smallest absolute Gasteiger partial charge is 0.374 e. The van der Waals surface area contributed by atoms with Crippen molar-refractivity contribution in [2.45, 2.75) is 24.7 Å². The zero-order valence-electron chi connectivity index (χ0n) is 11.7. The lowest BCUT2D eigenvalue weighted by molar-refractivity contribution is -0.271. The monoisotopic (exact) mass is 316 g/mol. The predicted octanol–water partition coefficient (Wildman–Crippen LogP) is 1.20. The van der Waals surface area contributed by atoms with Crippen LogP contribution >= 0.6 is 0 Å². The van der Waals surface area contributed by atoms with E-state index in [-0.39, 0.29) is 6.54 Å². The third-order valence-corrected chi connectivity index (χ3v) is 3.21. The molecule has 120 valence electrons. The molecule has 0 aliphatic heterocycles. The zero-order valence-corrected chi connectivity index (χ0v) is 11.7. The molecule has 0 aliphatic carbocycles. The van der Waals surface area contributed by atoms with E-state index in [2.05, 4.69) is 15.3 Å². The van der Waals surface area contributed by atoms with E-state index >= 15 is 0 Å². The maximum absolute atomic E-state index is 13.2. The van der Waals surface area contributed by atoms with Crippen molar-refractivity contribution in [3.63, 3.8) is 0 Å². The van der Waals surface area contributed by atoms with Crippen LogP contribution in [0.5, 0.6) is 0 Å². The number of aromatic nitrogens is 3. The molecule has 2 heterocycles. The minimum Gasteiger partial charge on any atom is -0.374 e. The first-order valence-electron chi connectivity index (χ1n) is 6.40. The molecule has 6 nitrogen and oxygen atoms in total. The molecule has 0 spiro atoms. The molecule has 2 aromatic rings. The van der Waals surface area contributed by atoms with Crippen molar-refractivity contribution in [1.29, 1.82) is 0 Å². The van der Waals surface area contributed by atoms with Gasteiger partial charge in [0, 0.05) is 31.3 Å². The van der Waals surface area contributed by atoms with Gasteiger partial charge in [-0.1, -0.05) is 0 Å². The van der Waals surface area contributed by atoms with Crippen LogP contribution in [0.2, 0.25) is 0 Å². The van der Waals surface area contributed by atoms with Gasteiger partial charge in [-0.15, -0.1) is 0 Å². The summed E-state index contributed by atoms with van der Waals surface area (Å²) >= 11 is 0. The van der Waals surface area contributed by atoms with Gasteiger partial charge in [0.15, 0.2) is 5.82 Å². The van der Waals surface area contributed by atoms with Crippen LogP contribution in [-0.4, -0.2) is 31.7 Å². The molecule has 3 N–H and O–H groups in total. The van der Waals surface area contributed by atoms with E-state index < -0.39 is 29.9 Å². The van der Waals surface area contributed by atoms with E-state index in [4.69, 9.17) is 0 Å². The summed E-state index contributed by atoms with van der Waals surface area (Å²) in [7, 11) is 1.32. The van der Waals surface area contributed by atoms with Crippen molar-refractivity contribution in [2.24, 2.45) is 7.05 Å². The molecule has 0 aliphatic rings. The highest BCUT2D eigenvalue weighted by Gasteiger charge is 2.58. The minimum atomic E-state index is -5.03. The lowest BCUT2D eigenvalue weighted by Gasteiger charge is -2.29. The van der Waals surface area contributed by atoms with Crippen LogP contribution in [0.4, 0.5) is 13.2 Å². The van der Waals surface area contributed by atoms with Gasteiger partial charge in [0.05, 0.1) is 13.0 Å². The van der Waals surface area contributed by atoms with Gasteiger partial charge in [-0.3, -0.25) is 4.79 Å². The Kier molecular flexibility index (Phi) is 4.27. The number of aliphatic hydroxyl groups is 1. The summed E-state index contributed by atoms with van der Waals surface area (Å²) in [5.74, 6) is -1.56. The second-order valence-corrected chi connectivity index (χ2v) is 4.87. The number of aryl methyl sites for hydroxylation is 1. The molecule has 0 saturated heterocycles. The number of carbonyl (C=O) groups is 1. The molecule has 9 heteroatoms. The lowest BCUT2D eigenvalue weighted by atomic mass is 9.97. The Hall–Kier alpha value is -2.29. The minimum absolute atomic E-state index is 0.0420. The van der Waals surface area contributed by atoms with Gasteiger partial charge in [0.1, 0.15) is 0 Å². The molecule has 0 saturated carbocycles. The third kappa shape index (κ3) is 3.14. The normalized spacial score (nSPS) is 14.6. The first-order chi connectivity index (χ1) is 10.2. The molecule has 0 aromatic carbocycles. The number of hydrogen-bond acceptors (Lipinski definition) is 3. The van der Waals surface area contributed by atoms with Crippen molar-refractivity contribution >= 4 is 5.91 Å². The molecule has 0 radical (unpaired) electrons. The SMILES string of the molecule is Cn1ccnc1C(O)(CC(=O)NCc1ccc[nH]1)C(F)(F)F. The summed E-state index contributed by atoms with van der Waals surface area (Å²) in [6, 6.07) is 3.37. The Balaban J connectivity index is 2.14. The maximum Gasteiger partial charge on any atom is 0.425 e.